The van der Waals surface area contributed by atoms with Crippen LogP contribution in [0.1, 0.15) is 36.8 Å². The fourth-order valence-electron chi connectivity index (χ4n) is 2.19. The number of furan rings is 1. The molecule has 2 aromatic heterocycles. The molecule has 0 aliphatic heterocycles. The lowest BCUT2D eigenvalue weighted by Gasteiger charge is -2.08. The lowest BCUT2D eigenvalue weighted by atomic mass is 10.3. The van der Waals surface area contributed by atoms with Crippen LogP contribution >= 0.6 is 11.8 Å². The van der Waals surface area contributed by atoms with Gasteiger partial charge in [0.2, 0.25) is 5.91 Å². The Kier molecular flexibility index (Phi) is 4.65. The Bertz CT molecular complexity index is 693. The first-order valence-corrected chi connectivity index (χ1v) is 8.29. The first-order chi connectivity index (χ1) is 11.1. The van der Waals surface area contributed by atoms with Crippen LogP contribution in [0.4, 0.5) is 4.79 Å². The second-order valence-electron chi connectivity index (χ2n) is 5.29. The van der Waals surface area contributed by atoms with E-state index in [4.69, 9.17) is 10.2 Å². The summed E-state index contributed by atoms with van der Waals surface area (Å²) in [6.07, 6.45) is 4.07. The molecule has 1 saturated carbocycles. The van der Waals surface area contributed by atoms with Crippen molar-refractivity contribution in [2.75, 3.05) is 5.75 Å². The zero-order valence-corrected chi connectivity index (χ0v) is 13.2. The Morgan fingerprint density at radius 1 is 1.43 bits per heavy atom. The van der Waals surface area contributed by atoms with Crippen LogP contribution in [0.15, 0.2) is 28.0 Å². The van der Waals surface area contributed by atoms with Crippen LogP contribution in [0.25, 0.3) is 0 Å². The van der Waals surface area contributed by atoms with Gasteiger partial charge in [0.15, 0.2) is 5.16 Å². The van der Waals surface area contributed by atoms with E-state index >= 15 is 0 Å². The van der Waals surface area contributed by atoms with E-state index < -0.39 is 11.9 Å². The predicted octanol–water partition coefficient (Wildman–Crippen LogP) is 1.47. The number of nitrogens with zero attached hydrogens (tertiary/aromatic N) is 3. The van der Waals surface area contributed by atoms with Crippen molar-refractivity contribution in [3.63, 3.8) is 0 Å². The second kappa shape index (κ2) is 6.86. The zero-order chi connectivity index (χ0) is 16.2. The summed E-state index contributed by atoms with van der Waals surface area (Å²) in [4.78, 5) is 22.0. The van der Waals surface area contributed by atoms with Gasteiger partial charge in [-0.1, -0.05) is 11.8 Å². The van der Waals surface area contributed by atoms with Gasteiger partial charge in [0.25, 0.3) is 0 Å². The first-order valence-electron chi connectivity index (χ1n) is 7.31. The molecule has 3 rings (SSSR count). The van der Waals surface area contributed by atoms with Gasteiger partial charge in [-0.05, 0) is 25.0 Å². The molecule has 23 heavy (non-hydrogen) atoms. The highest BCUT2D eigenvalue weighted by molar-refractivity contribution is 7.99. The minimum atomic E-state index is -0.836. The highest BCUT2D eigenvalue weighted by Gasteiger charge is 2.30. The minimum absolute atomic E-state index is 0.181. The van der Waals surface area contributed by atoms with Crippen LogP contribution in [0, 0.1) is 0 Å². The number of hydrogen-bond donors (Lipinski definition) is 2. The average molecular weight is 335 g/mol. The Morgan fingerprint density at radius 3 is 2.91 bits per heavy atom. The summed E-state index contributed by atoms with van der Waals surface area (Å²) >= 11 is 1.43. The van der Waals surface area contributed by atoms with Gasteiger partial charge in [0.05, 0.1) is 12.8 Å². The Morgan fingerprint density at radius 2 is 2.26 bits per heavy atom. The van der Waals surface area contributed by atoms with Gasteiger partial charge in [-0.2, -0.15) is 0 Å². The molecule has 1 fully saturated rings. The molecule has 0 unspecified atom stereocenters. The molecule has 122 valence electrons. The number of primary amides is 1. The summed E-state index contributed by atoms with van der Waals surface area (Å²) in [5.74, 6) is 2.35. The molecule has 1 aliphatic rings. The van der Waals surface area contributed by atoms with Gasteiger partial charge in [0.1, 0.15) is 11.6 Å². The third-order valence-corrected chi connectivity index (χ3v) is 4.37. The molecule has 3 amide bonds. The van der Waals surface area contributed by atoms with Crippen molar-refractivity contribution < 1.29 is 14.0 Å². The number of carbonyl (C=O) groups is 2. The van der Waals surface area contributed by atoms with Gasteiger partial charge in [-0.3, -0.25) is 14.7 Å². The number of hydrogen-bond acceptors (Lipinski definition) is 6. The average Bonchev–Trinajstić information content (AvgIpc) is 3.06. The molecule has 9 heteroatoms. The molecule has 0 bridgehead atoms. The van der Waals surface area contributed by atoms with Crippen LogP contribution in [0.2, 0.25) is 0 Å². The fraction of sp³-hybridized carbons (Fsp3) is 0.429. The SMILES string of the molecule is NC(=O)NC(=O)CCSc1nnc(C2CC2)n1Cc1ccco1. The summed E-state index contributed by atoms with van der Waals surface area (Å²) in [5.41, 5.74) is 4.91. The Labute approximate surface area is 136 Å². The van der Waals surface area contributed by atoms with Gasteiger partial charge in [-0.25, -0.2) is 4.79 Å². The van der Waals surface area contributed by atoms with Crippen LogP contribution < -0.4 is 11.1 Å². The number of amides is 3. The Balaban J connectivity index is 1.64. The molecule has 0 saturated heterocycles. The minimum Gasteiger partial charge on any atom is -0.467 e. The first kappa shape index (κ1) is 15.6. The van der Waals surface area contributed by atoms with Gasteiger partial charge >= 0.3 is 6.03 Å². The largest absolute Gasteiger partial charge is 0.467 e. The number of thioether (sulfide) groups is 1. The molecular formula is C14H17N5O3S. The fourth-order valence-corrected chi connectivity index (χ4v) is 3.07. The molecule has 1 aliphatic carbocycles. The maximum absolute atomic E-state index is 11.4. The van der Waals surface area contributed by atoms with E-state index in [0.717, 1.165) is 29.6 Å². The van der Waals surface area contributed by atoms with Gasteiger partial charge < -0.3 is 10.2 Å². The lowest BCUT2D eigenvalue weighted by molar-refractivity contribution is -0.119. The normalized spacial score (nSPS) is 13.9. The number of imide groups is 1. The molecule has 2 heterocycles. The molecule has 0 spiro atoms. The van der Waals surface area contributed by atoms with Crippen molar-refractivity contribution in [3.8, 4) is 0 Å². The summed E-state index contributed by atoms with van der Waals surface area (Å²) in [6, 6.07) is 2.92. The lowest BCUT2D eigenvalue weighted by Crippen LogP contribution is -2.35. The van der Waals surface area contributed by atoms with E-state index in [1.54, 1.807) is 6.26 Å². The van der Waals surface area contributed by atoms with Crippen LogP contribution in [-0.4, -0.2) is 32.5 Å². The van der Waals surface area contributed by atoms with Crippen molar-refractivity contribution in [1.82, 2.24) is 20.1 Å². The summed E-state index contributed by atoms with van der Waals surface area (Å²) < 4.78 is 7.44. The molecule has 0 aromatic carbocycles. The topological polar surface area (TPSA) is 116 Å². The number of urea groups is 1. The molecule has 0 radical (unpaired) electrons. The smallest absolute Gasteiger partial charge is 0.318 e. The van der Waals surface area contributed by atoms with Gasteiger partial charge in [-0.15, -0.1) is 10.2 Å². The van der Waals surface area contributed by atoms with Crippen molar-refractivity contribution in [2.24, 2.45) is 5.73 Å². The number of rotatable bonds is 7. The quantitative estimate of drug-likeness (QED) is 0.740. The molecule has 2 aromatic rings. The third kappa shape index (κ3) is 4.13. The summed E-state index contributed by atoms with van der Waals surface area (Å²) in [7, 11) is 0. The van der Waals surface area contributed by atoms with E-state index in [-0.39, 0.29) is 6.42 Å². The summed E-state index contributed by atoms with van der Waals surface area (Å²) in [6.45, 7) is 0.571. The van der Waals surface area contributed by atoms with Crippen molar-refractivity contribution in [2.45, 2.75) is 36.9 Å². The number of nitrogens with two attached hydrogens (primary N) is 1. The van der Waals surface area contributed by atoms with E-state index in [2.05, 4.69) is 10.2 Å². The maximum Gasteiger partial charge on any atom is 0.318 e. The Hall–Kier alpha value is -2.29. The zero-order valence-electron chi connectivity index (χ0n) is 12.4. The van der Waals surface area contributed by atoms with Crippen LogP contribution in [0.5, 0.6) is 0 Å². The molecule has 0 atom stereocenters. The third-order valence-electron chi connectivity index (χ3n) is 3.40. The highest BCUT2D eigenvalue weighted by atomic mass is 32.2. The van der Waals surface area contributed by atoms with Gasteiger partial charge in [0, 0.05) is 18.1 Å². The number of carbonyl (C=O) groups excluding carboxylic acids is 2. The molecule has 3 N–H and O–H groups in total. The summed E-state index contributed by atoms with van der Waals surface area (Å²) in [5, 5.41) is 11.3. The van der Waals surface area contributed by atoms with Crippen LogP contribution in [0.3, 0.4) is 0 Å². The maximum atomic E-state index is 11.4. The standard InChI is InChI=1S/C14H17N5O3S/c15-13(21)16-11(20)5-7-23-14-18-17-12(9-3-4-9)19(14)8-10-2-1-6-22-10/h1-2,6,9H,3-5,7-8H2,(H3,15,16,20,21). The van der Waals surface area contributed by atoms with E-state index in [1.165, 1.54) is 11.8 Å². The van der Waals surface area contributed by atoms with E-state index in [0.29, 0.717) is 18.2 Å². The van der Waals surface area contributed by atoms with Crippen molar-refractivity contribution in [1.29, 1.82) is 0 Å². The van der Waals surface area contributed by atoms with E-state index in [1.807, 2.05) is 22.0 Å². The van der Waals surface area contributed by atoms with E-state index in [9.17, 15) is 9.59 Å². The second-order valence-corrected chi connectivity index (χ2v) is 6.35. The molecular weight excluding hydrogens is 318 g/mol. The van der Waals surface area contributed by atoms with Crippen LogP contribution in [-0.2, 0) is 11.3 Å². The number of aromatic nitrogens is 3. The highest BCUT2D eigenvalue weighted by Crippen LogP contribution is 2.40. The monoisotopic (exact) mass is 335 g/mol. The molecule has 8 nitrogen and oxygen atoms in total. The number of nitrogens with one attached hydrogen (secondary N) is 1. The van der Waals surface area contributed by atoms with Crippen molar-refractivity contribution in [3.05, 3.63) is 30.0 Å². The predicted molar refractivity (Wildman–Crippen MR) is 82.9 cm³/mol. The van der Waals surface area contributed by atoms with Crippen molar-refractivity contribution >= 4 is 23.7 Å².